The van der Waals surface area contributed by atoms with E-state index in [1.54, 1.807) is 24.3 Å². The van der Waals surface area contributed by atoms with Gasteiger partial charge >= 0.3 is 0 Å². The fourth-order valence-corrected chi connectivity index (χ4v) is 0.407. The number of nitrogen functional groups attached to an aromatic ring is 1. The minimum absolute atomic E-state index is 0.463. The van der Waals surface area contributed by atoms with Gasteiger partial charge in [0.05, 0.1) is 1.37 Å². The Morgan fingerprint density at radius 1 is 1.43 bits per heavy atom. The Balaban J connectivity index is 3.08. The summed E-state index contributed by atoms with van der Waals surface area (Å²) >= 11 is 0. The predicted octanol–water partition coefficient (Wildman–Crippen LogP) is 1.27. The fraction of sp³-hybridized carbons (Fsp3) is 0. The van der Waals surface area contributed by atoms with Crippen LogP contribution in [0.15, 0.2) is 30.3 Å². The predicted molar refractivity (Wildman–Crippen MR) is 30.9 cm³/mol. The van der Waals surface area contributed by atoms with Crippen molar-refractivity contribution in [3.63, 3.8) is 0 Å². The van der Waals surface area contributed by atoms with E-state index >= 15 is 0 Å². The summed E-state index contributed by atoms with van der Waals surface area (Å²) in [4.78, 5) is 0. The quantitative estimate of drug-likeness (QED) is 0.481. The van der Waals surface area contributed by atoms with Crippen LogP contribution in [-0.4, -0.2) is 0 Å². The van der Waals surface area contributed by atoms with Gasteiger partial charge in [-0.1, -0.05) is 18.2 Å². The molecule has 0 saturated heterocycles. The number of nitrogens with two attached hydrogens (primary N) is 1. The summed E-state index contributed by atoms with van der Waals surface area (Å²) in [6.07, 6.45) is 0. The Hall–Kier alpha value is -0.980. The second kappa shape index (κ2) is 1.65. The molecule has 7 heavy (non-hydrogen) atoms. The monoisotopic (exact) mass is 94.1 g/mol. The maximum atomic E-state index is 7.06. The Morgan fingerprint density at radius 2 is 2.29 bits per heavy atom. The third kappa shape index (κ3) is 0.929. The molecular formula is C6H7N. The lowest BCUT2D eigenvalue weighted by atomic mass is 10.3. The number of benzene rings is 1. The maximum Gasteiger partial charge on any atom is 0.0623 e. The summed E-state index contributed by atoms with van der Waals surface area (Å²) in [6, 6.07) is 7.29. The smallest absolute Gasteiger partial charge is 0.0623 e. The van der Waals surface area contributed by atoms with Crippen LogP contribution in [0, 0.1) is 0 Å². The van der Waals surface area contributed by atoms with Gasteiger partial charge in [0.2, 0.25) is 0 Å². The molecule has 0 amide bonds. The van der Waals surface area contributed by atoms with Crippen molar-refractivity contribution in [2.75, 3.05) is 5.73 Å². The van der Waals surface area contributed by atoms with E-state index in [1.807, 2.05) is 0 Å². The molecular weight excluding hydrogens is 86.1 g/mol. The molecule has 0 bridgehead atoms. The number of rotatable bonds is 0. The summed E-state index contributed by atoms with van der Waals surface area (Å²) in [5.74, 6) is 0. The fourth-order valence-electron chi connectivity index (χ4n) is 0.407. The molecule has 2 N–H and O–H groups in total. The number of hydrogen-bond acceptors (Lipinski definition) is 1. The first kappa shape index (κ1) is 3.08. The standard InChI is InChI=1S/C6H7N/c7-6-4-2-1-3-5-6/h1-5H,7H2/i2D. The third-order valence-electron chi connectivity index (χ3n) is 0.731. The molecule has 0 aliphatic heterocycles. The lowest BCUT2D eigenvalue weighted by Gasteiger charge is -1.83. The molecule has 1 rings (SSSR count). The van der Waals surface area contributed by atoms with Gasteiger partial charge in [0, 0.05) is 5.69 Å². The Bertz CT molecular complexity index is 168. The van der Waals surface area contributed by atoms with E-state index in [1.165, 1.54) is 0 Å². The zero-order valence-electron chi connectivity index (χ0n) is 4.89. The highest BCUT2D eigenvalue weighted by atomic mass is 14.5. The van der Waals surface area contributed by atoms with Crippen molar-refractivity contribution in [1.29, 1.82) is 0 Å². The van der Waals surface area contributed by atoms with E-state index in [0.717, 1.165) is 0 Å². The molecule has 36 valence electrons. The topological polar surface area (TPSA) is 26.0 Å². The van der Waals surface area contributed by atoms with Crippen LogP contribution in [0.25, 0.3) is 0 Å². The zero-order valence-corrected chi connectivity index (χ0v) is 3.89. The summed E-state index contributed by atoms with van der Waals surface area (Å²) in [7, 11) is 0. The van der Waals surface area contributed by atoms with E-state index in [-0.39, 0.29) is 0 Å². The molecule has 0 radical (unpaired) electrons. The molecule has 0 unspecified atom stereocenters. The second-order valence-corrected chi connectivity index (χ2v) is 1.34. The van der Waals surface area contributed by atoms with Gasteiger partial charge in [0.25, 0.3) is 0 Å². The largest absolute Gasteiger partial charge is 0.399 e. The molecule has 0 aromatic heterocycles. The highest BCUT2D eigenvalue weighted by molar-refractivity contribution is 5.35. The minimum atomic E-state index is 0.463. The lowest BCUT2D eigenvalue weighted by Crippen LogP contribution is -1.79. The van der Waals surface area contributed by atoms with Crippen LogP contribution in [0.4, 0.5) is 5.69 Å². The van der Waals surface area contributed by atoms with Crippen molar-refractivity contribution in [3.05, 3.63) is 30.3 Å². The van der Waals surface area contributed by atoms with Crippen molar-refractivity contribution in [2.24, 2.45) is 0 Å². The first-order chi connectivity index (χ1) is 3.79. The lowest BCUT2D eigenvalue weighted by molar-refractivity contribution is 1.69. The molecule has 0 spiro atoms. The molecule has 0 heterocycles. The number of anilines is 1. The first-order valence-corrected chi connectivity index (χ1v) is 2.11. The van der Waals surface area contributed by atoms with Crippen LogP contribution in [-0.2, 0) is 0 Å². The van der Waals surface area contributed by atoms with Crippen LogP contribution in [0.5, 0.6) is 0 Å². The van der Waals surface area contributed by atoms with E-state index in [4.69, 9.17) is 7.10 Å². The third-order valence-corrected chi connectivity index (χ3v) is 0.731. The molecule has 1 aromatic carbocycles. The molecule has 1 aromatic rings. The number of hydrogen-bond donors (Lipinski definition) is 1. The summed E-state index contributed by atoms with van der Waals surface area (Å²) < 4.78 is 7.06. The SMILES string of the molecule is [2H]c1cccc(N)c1. The zero-order chi connectivity index (χ0) is 5.98. The van der Waals surface area contributed by atoms with Gasteiger partial charge in [-0.05, 0) is 12.1 Å². The van der Waals surface area contributed by atoms with Gasteiger partial charge in [-0.3, -0.25) is 0 Å². The van der Waals surface area contributed by atoms with Crippen molar-refractivity contribution in [1.82, 2.24) is 0 Å². The summed E-state index contributed by atoms with van der Waals surface area (Å²) in [6.45, 7) is 0. The average molecular weight is 94.1 g/mol. The van der Waals surface area contributed by atoms with Crippen molar-refractivity contribution in [3.8, 4) is 0 Å². The summed E-state index contributed by atoms with van der Waals surface area (Å²) in [5.41, 5.74) is 5.99. The average Bonchev–Trinajstić information content (AvgIpc) is 1.64. The van der Waals surface area contributed by atoms with Gasteiger partial charge in [0.1, 0.15) is 0 Å². The normalized spacial score (nSPS) is 10.6. The molecule has 0 atom stereocenters. The van der Waals surface area contributed by atoms with Gasteiger partial charge in [0.15, 0.2) is 0 Å². The molecule has 0 saturated carbocycles. The molecule has 0 aliphatic carbocycles. The van der Waals surface area contributed by atoms with E-state index in [0.29, 0.717) is 11.7 Å². The van der Waals surface area contributed by atoms with Gasteiger partial charge in [-0.2, -0.15) is 0 Å². The van der Waals surface area contributed by atoms with Gasteiger partial charge < -0.3 is 5.73 Å². The van der Waals surface area contributed by atoms with E-state index in [9.17, 15) is 0 Å². The van der Waals surface area contributed by atoms with Crippen molar-refractivity contribution < 1.29 is 1.37 Å². The molecule has 1 heteroatoms. The van der Waals surface area contributed by atoms with Crippen LogP contribution in [0.2, 0.25) is 0 Å². The van der Waals surface area contributed by atoms with Crippen LogP contribution >= 0.6 is 0 Å². The second-order valence-electron chi connectivity index (χ2n) is 1.34. The molecule has 1 nitrogen and oxygen atoms in total. The van der Waals surface area contributed by atoms with Crippen LogP contribution in [0.1, 0.15) is 1.37 Å². The van der Waals surface area contributed by atoms with Crippen molar-refractivity contribution in [2.45, 2.75) is 0 Å². The summed E-state index contributed by atoms with van der Waals surface area (Å²) in [5, 5.41) is 0. The van der Waals surface area contributed by atoms with Gasteiger partial charge in [-0.15, -0.1) is 0 Å². The highest BCUT2D eigenvalue weighted by Gasteiger charge is 1.72. The van der Waals surface area contributed by atoms with E-state index in [2.05, 4.69) is 0 Å². The first-order valence-electron chi connectivity index (χ1n) is 2.61. The van der Waals surface area contributed by atoms with Crippen molar-refractivity contribution >= 4 is 5.69 Å². The Kier molecular flexibility index (Phi) is 0.724. The van der Waals surface area contributed by atoms with Crippen LogP contribution < -0.4 is 5.73 Å². The minimum Gasteiger partial charge on any atom is -0.399 e. The van der Waals surface area contributed by atoms with Crippen LogP contribution in [0.3, 0.4) is 0 Å². The van der Waals surface area contributed by atoms with Gasteiger partial charge in [-0.25, -0.2) is 0 Å². The Labute approximate surface area is 44.2 Å². The number of para-hydroxylation sites is 1. The highest BCUT2D eigenvalue weighted by Crippen LogP contribution is 1.95. The van der Waals surface area contributed by atoms with E-state index < -0.39 is 0 Å². The molecule has 0 fully saturated rings. The Morgan fingerprint density at radius 3 is 2.71 bits per heavy atom. The molecule has 0 aliphatic rings. The maximum absolute atomic E-state index is 7.06.